The summed E-state index contributed by atoms with van der Waals surface area (Å²) in [7, 11) is 1.78. The van der Waals surface area contributed by atoms with Gasteiger partial charge in [-0.25, -0.2) is 0 Å². The smallest absolute Gasteiger partial charge is 0.254 e. The van der Waals surface area contributed by atoms with E-state index < -0.39 is 12.2 Å². The average molecular weight is 275 g/mol. The summed E-state index contributed by atoms with van der Waals surface area (Å²) in [6.07, 6.45) is 2.52. The summed E-state index contributed by atoms with van der Waals surface area (Å²) in [4.78, 5) is 14.1. The van der Waals surface area contributed by atoms with Crippen LogP contribution in [0, 0.1) is 0 Å². The van der Waals surface area contributed by atoms with Crippen molar-refractivity contribution in [1.82, 2.24) is 4.90 Å². The normalized spacial score (nSPS) is 34.5. The van der Waals surface area contributed by atoms with Gasteiger partial charge in [0.25, 0.3) is 5.91 Å². The maximum absolute atomic E-state index is 12.4. The highest BCUT2D eigenvalue weighted by atomic mass is 16.5. The summed E-state index contributed by atoms with van der Waals surface area (Å²) in [6.45, 7) is 0. The van der Waals surface area contributed by atoms with Gasteiger partial charge in [-0.3, -0.25) is 4.79 Å². The van der Waals surface area contributed by atoms with E-state index in [0.29, 0.717) is 0 Å². The minimum atomic E-state index is -1.12. The molecule has 1 heterocycles. The number of benzene rings is 1. The van der Waals surface area contributed by atoms with Crippen LogP contribution < -0.4 is 0 Å². The van der Waals surface area contributed by atoms with Crippen molar-refractivity contribution in [3.05, 3.63) is 35.9 Å². The zero-order valence-electron chi connectivity index (χ0n) is 11.7. The molecular formula is C16H21NO3. The van der Waals surface area contributed by atoms with Crippen molar-refractivity contribution < 1.29 is 14.6 Å². The summed E-state index contributed by atoms with van der Waals surface area (Å²) >= 11 is 0. The van der Waals surface area contributed by atoms with Crippen LogP contribution in [0.2, 0.25) is 0 Å². The Kier molecular flexibility index (Phi) is 3.76. The molecule has 1 amide bonds. The van der Waals surface area contributed by atoms with Gasteiger partial charge in [0.05, 0.1) is 12.1 Å². The van der Waals surface area contributed by atoms with Gasteiger partial charge in [-0.05, 0) is 18.4 Å². The van der Waals surface area contributed by atoms with E-state index in [1.807, 2.05) is 30.3 Å². The topological polar surface area (TPSA) is 49.8 Å². The van der Waals surface area contributed by atoms with Crippen molar-refractivity contribution in [2.24, 2.45) is 0 Å². The Morgan fingerprint density at radius 2 is 1.90 bits per heavy atom. The molecule has 1 saturated heterocycles. The Balaban J connectivity index is 1.93. The molecule has 1 N–H and O–H groups in total. The highest BCUT2D eigenvalue weighted by Gasteiger charge is 2.43. The van der Waals surface area contributed by atoms with E-state index in [1.165, 1.54) is 0 Å². The van der Waals surface area contributed by atoms with Crippen molar-refractivity contribution in [1.29, 1.82) is 0 Å². The number of hydrogen-bond donors (Lipinski definition) is 1. The number of hydrogen-bond acceptors (Lipinski definition) is 3. The standard InChI is InChI=1S/C16H21NO3/c1-17-12-9-5-6-10-13(12)20-15(14(18)16(17)19)11-7-3-2-4-8-11/h2-4,7-8,12-15,18H,5-6,9-10H2,1H3. The lowest BCUT2D eigenvalue weighted by Gasteiger charge is -2.35. The fraction of sp³-hybridized carbons (Fsp3) is 0.562. The molecule has 4 atom stereocenters. The van der Waals surface area contributed by atoms with Crippen molar-refractivity contribution in [3.63, 3.8) is 0 Å². The Hall–Kier alpha value is -1.39. The second kappa shape index (κ2) is 5.54. The maximum Gasteiger partial charge on any atom is 0.254 e. The number of carbonyl (C=O) groups is 1. The van der Waals surface area contributed by atoms with E-state index in [4.69, 9.17) is 4.74 Å². The second-order valence-corrected chi connectivity index (χ2v) is 5.75. The molecule has 0 aromatic heterocycles. The summed E-state index contributed by atoms with van der Waals surface area (Å²) in [6, 6.07) is 9.64. The second-order valence-electron chi connectivity index (χ2n) is 5.75. The lowest BCUT2D eigenvalue weighted by Crippen LogP contribution is -2.46. The Bertz CT molecular complexity index is 476. The van der Waals surface area contributed by atoms with Gasteiger partial charge in [0.1, 0.15) is 6.10 Å². The van der Waals surface area contributed by atoms with E-state index in [2.05, 4.69) is 0 Å². The van der Waals surface area contributed by atoms with Crippen molar-refractivity contribution >= 4 is 5.91 Å². The van der Waals surface area contributed by atoms with Crippen molar-refractivity contribution in [3.8, 4) is 0 Å². The van der Waals surface area contributed by atoms with Crippen LogP contribution in [0.3, 0.4) is 0 Å². The minimum Gasteiger partial charge on any atom is -0.380 e. The first-order chi connectivity index (χ1) is 9.68. The highest BCUT2D eigenvalue weighted by molar-refractivity contribution is 5.82. The molecule has 3 rings (SSSR count). The van der Waals surface area contributed by atoms with Gasteiger partial charge in [-0.1, -0.05) is 43.2 Å². The molecule has 1 aliphatic carbocycles. The van der Waals surface area contributed by atoms with Crippen LogP contribution in [-0.4, -0.2) is 41.2 Å². The molecule has 20 heavy (non-hydrogen) atoms. The largest absolute Gasteiger partial charge is 0.380 e. The molecule has 2 aliphatic rings. The number of fused-ring (bicyclic) bond motifs is 1. The van der Waals surface area contributed by atoms with Crippen LogP contribution in [0.15, 0.2) is 30.3 Å². The van der Waals surface area contributed by atoms with Gasteiger partial charge >= 0.3 is 0 Å². The SMILES string of the molecule is CN1C(=O)C(O)C(c2ccccc2)OC2CCCCC21. The molecule has 4 unspecified atom stereocenters. The van der Waals surface area contributed by atoms with Crippen molar-refractivity contribution in [2.75, 3.05) is 7.05 Å². The van der Waals surface area contributed by atoms with Crippen LogP contribution in [0.25, 0.3) is 0 Å². The quantitative estimate of drug-likeness (QED) is 0.851. The molecular weight excluding hydrogens is 254 g/mol. The summed E-state index contributed by atoms with van der Waals surface area (Å²) in [5, 5.41) is 10.4. The van der Waals surface area contributed by atoms with Gasteiger partial charge in [-0.2, -0.15) is 0 Å². The van der Waals surface area contributed by atoms with E-state index in [1.54, 1.807) is 11.9 Å². The number of amides is 1. The molecule has 0 radical (unpaired) electrons. The summed E-state index contributed by atoms with van der Waals surface area (Å²) in [5.41, 5.74) is 0.868. The number of aliphatic hydroxyl groups is 1. The summed E-state index contributed by atoms with van der Waals surface area (Å²) in [5.74, 6) is -0.228. The number of nitrogens with zero attached hydrogens (tertiary/aromatic N) is 1. The third kappa shape index (κ3) is 2.34. The van der Waals surface area contributed by atoms with Crippen LogP contribution in [0.4, 0.5) is 0 Å². The molecule has 1 aliphatic heterocycles. The Morgan fingerprint density at radius 1 is 1.20 bits per heavy atom. The number of ether oxygens (including phenoxy) is 1. The number of aliphatic hydroxyl groups excluding tert-OH is 1. The highest BCUT2D eigenvalue weighted by Crippen LogP contribution is 2.35. The monoisotopic (exact) mass is 275 g/mol. The third-order valence-electron chi connectivity index (χ3n) is 4.50. The van der Waals surface area contributed by atoms with Crippen LogP contribution in [0.5, 0.6) is 0 Å². The van der Waals surface area contributed by atoms with E-state index in [0.717, 1.165) is 31.2 Å². The van der Waals surface area contributed by atoms with Crippen LogP contribution >= 0.6 is 0 Å². The third-order valence-corrected chi connectivity index (χ3v) is 4.50. The number of carbonyl (C=O) groups excluding carboxylic acids is 1. The first-order valence-corrected chi connectivity index (χ1v) is 7.33. The summed E-state index contributed by atoms with van der Waals surface area (Å²) < 4.78 is 6.14. The molecule has 1 saturated carbocycles. The molecule has 2 fully saturated rings. The molecule has 4 heteroatoms. The van der Waals surface area contributed by atoms with Crippen LogP contribution in [0.1, 0.15) is 37.4 Å². The fourth-order valence-corrected chi connectivity index (χ4v) is 3.35. The average Bonchev–Trinajstić information content (AvgIpc) is 2.60. The number of rotatable bonds is 1. The van der Waals surface area contributed by atoms with Crippen LogP contribution in [-0.2, 0) is 9.53 Å². The Labute approximate surface area is 119 Å². The van der Waals surface area contributed by atoms with E-state index in [-0.39, 0.29) is 18.1 Å². The lowest BCUT2D eigenvalue weighted by atomic mass is 9.91. The lowest BCUT2D eigenvalue weighted by molar-refractivity contribution is -0.143. The first kappa shape index (κ1) is 13.6. The maximum atomic E-state index is 12.4. The zero-order chi connectivity index (χ0) is 14.1. The molecule has 108 valence electrons. The van der Waals surface area contributed by atoms with E-state index >= 15 is 0 Å². The minimum absolute atomic E-state index is 0.0278. The predicted octanol–water partition coefficient (Wildman–Crippen LogP) is 1.89. The molecule has 0 spiro atoms. The van der Waals surface area contributed by atoms with E-state index in [9.17, 15) is 9.90 Å². The molecule has 1 aromatic carbocycles. The van der Waals surface area contributed by atoms with Gasteiger partial charge in [-0.15, -0.1) is 0 Å². The predicted molar refractivity (Wildman–Crippen MR) is 75.1 cm³/mol. The molecule has 0 bridgehead atoms. The van der Waals surface area contributed by atoms with Gasteiger partial charge in [0.15, 0.2) is 6.10 Å². The number of likely N-dealkylation sites (N-methyl/N-ethyl adjacent to an activating group) is 1. The van der Waals surface area contributed by atoms with Gasteiger partial charge < -0.3 is 14.7 Å². The molecule has 1 aromatic rings. The fourth-order valence-electron chi connectivity index (χ4n) is 3.35. The van der Waals surface area contributed by atoms with Gasteiger partial charge in [0, 0.05) is 7.05 Å². The zero-order valence-corrected chi connectivity index (χ0v) is 11.7. The molecule has 4 nitrogen and oxygen atoms in total. The first-order valence-electron chi connectivity index (χ1n) is 7.33. The Morgan fingerprint density at radius 3 is 2.65 bits per heavy atom. The van der Waals surface area contributed by atoms with Gasteiger partial charge in [0.2, 0.25) is 0 Å². The van der Waals surface area contributed by atoms with Crippen molar-refractivity contribution in [2.45, 2.75) is 50.0 Å².